The molecule has 0 fully saturated rings. The van der Waals surface area contributed by atoms with Gasteiger partial charge in [0.05, 0.1) is 13.1 Å². The summed E-state index contributed by atoms with van der Waals surface area (Å²) < 4.78 is 0. The molecule has 0 saturated heterocycles. The quantitative estimate of drug-likeness (QED) is 0.753. The van der Waals surface area contributed by atoms with E-state index in [1.807, 2.05) is 19.1 Å². The fourth-order valence-corrected chi connectivity index (χ4v) is 1.47. The number of aliphatic carboxylic acids is 1. The van der Waals surface area contributed by atoms with Crippen molar-refractivity contribution in [2.45, 2.75) is 13.0 Å². The minimum absolute atomic E-state index is 0.0323. The van der Waals surface area contributed by atoms with Gasteiger partial charge in [-0.05, 0) is 24.6 Å². The van der Waals surface area contributed by atoms with Gasteiger partial charge in [0.2, 0.25) is 0 Å². The zero-order valence-corrected chi connectivity index (χ0v) is 9.13. The van der Waals surface area contributed by atoms with Crippen LogP contribution in [0.1, 0.15) is 18.5 Å². The molecule has 1 aromatic rings. The van der Waals surface area contributed by atoms with Crippen molar-refractivity contribution in [2.75, 3.05) is 13.1 Å². The summed E-state index contributed by atoms with van der Waals surface area (Å²) in [5.74, 6) is 1.59. The average Bonchev–Trinajstić information content (AvgIpc) is 2.28. The molecule has 4 nitrogen and oxygen atoms in total. The second-order valence-electron chi connectivity index (χ2n) is 3.46. The molecular formula is C12H14N2O2. The van der Waals surface area contributed by atoms with E-state index in [9.17, 15) is 4.79 Å². The molecule has 1 N–H and O–H groups in total. The monoisotopic (exact) mass is 218 g/mol. The number of nitrogens with zero attached hydrogens (tertiary/aromatic N) is 2. The van der Waals surface area contributed by atoms with Gasteiger partial charge in [-0.15, -0.1) is 6.42 Å². The fourth-order valence-electron chi connectivity index (χ4n) is 1.47. The average molecular weight is 218 g/mol. The van der Waals surface area contributed by atoms with Crippen LogP contribution in [0, 0.1) is 12.3 Å². The lowest BCUT2D eigenvalue weighted by Gasteiger charge is -2.25. The highest BCUT2D eigenvalue weighted by Crippen LogP contribution is 2.18. The lowest BCUT2D eigenvalue weighted by atomic mass is 10.1. The van der Waals surface area contributed by atoms with Gasteiger partial charge in [-0.25, -0.2) is 0 Å². The van der Waals surface area contributed by atoms with Crippen LogP contribution in [0.5, 0.6) is 0 Å². The van der Waals surface area contributed by atoms with E-state index in [-0.39, 0.29) is 12.6 Å². The van der Waals surface area contributed by atoms with Crippen LogP contribution in [0.2, 0.25) is 0 Å². The van der Waals surface area contributed by atoms with Crippen molar-refractivity contribution in [3.8, 4) is 12.3 Å². The van der Waals surface area contributed by atoms with Crippen LogP contribution in [0.4, 0.5) is 0 Å². The number of rotatable bonds is 5. The number of carboxylic acids is 1. The molecule has 0 aromatic carbocycles. The summed E-state index contributed by atoms with van der Waals surface area (Å²) in [4.78, 5) is 16.3. The molecular weight excluding hydrogens is 204 g/mol. The van der Waals surface area contributed by atoms with Gasteiger partial charge in [-0.2, -0.15) is 0 Å². The number of aromatic nitrogens is 1. The summed E-state index contributed by atoms with van der Waals surface area (Å²) in [7, 11) is 0. The molecule has 0 aliphatic rings. The first-order valence-corrected chi connectivity index (χ1v) is 4.94. The minimum Gasteiger partial charge on any atom is -0.480 e. The topological polar surface area (TPSA) is 53.4 Å². The molecule has 0 aliphatic carbocycles. The number of hydrogen-bond acceptors (Lipinski definition) is 3. The number of pyridine rings is 1. The van der Waals surface area contributed by atoms with Crippen molar-refractivity contribution in [1.29, 1.82) is 0 Å². The number of hydrogen-bond donors (Lipinski definition) is 1. The highest BCUT2D eigenvalue weighted by Gasteiger charge is 2.17. The molecule has 4 heteroatoms. The Kier molecular flexibility index (Phi) is 4.49. The van der Waals surface area contributed by atoms with E-state index in [1.54, 1.807) is 17.3 Å². The second-order valence-corrected chi connectivity index (χ2v) is 3.46. The largest absolute Gasteiger partial charge is 0.480 e. The lowest BCUT2D eigenvalue weighted by molar-refractivity contribution is -0.138. The highest BCUT2D eigenvalue weighted by atomic mass is 16.4. The fraction of sp³-hybridized carbons (Fsp3) is 0.333. The Hall–Kier alpha value is -1.86. The maximum atomic E-state index is 10.7. The van der Waals surface area contributed by atoms with E-state index < -0.39 is 5.97 Å². The smallest absolute Gasteiger partial charge is 0.317 e. The molecule has 0 aliphatic heterocycles. The zero-order valence-electron chi connectivity index (χ0n) is 9.13. The van der Waals surface area contributed by atoms with Crippen molar-refractivity contribution >= 4 is 5.97 Å². The Labute approximate surface area is 94.9 Å². The van der Waals surface area contributed by atoms with Crippen molar-refractivity contribution in [1.82, 2.24) is 9.88 Å². The zero-order chi connectivity index (χ0) is 12.0. The molecule has 16 heavy (non-hydrogen) atoms. The molecule has 1 heterocycles. The molecule has 1 atom stereocenters. The molecule has 0 amide bonds. The Bertz CT molecular complexity index is 384. The normalized spacial score (nSPS) is 12.1. The number of carboxylic acid groups (broad SMARTS) is 1. The first-order valence-electron chi connectivity index (χ1n) is 4.94. The van der Waals surface area contributed by atoms with Crippen LogP contribution >= 0.6 is 0 Å². The third-order valence-corrected chi connectivity index (χ3v) is 2.37. The van der Waals surface area contributed by atoms with Crippen molar-refractivity contribution in [3.05, 3.63) is 30.1 Å². The first kappa shape index (κ1) is 12.2. The minimum atomic E-state index is -0.879. The lowest BCUT2D eigenvalue weighted by Crippen LogP contribution is -2.32. The van der Waals surface area contributed by atoms with Gasteiger partial charge < -0.3 is 5.11 Å². The predicted octanol–water partition coefficient (Wildman–Crippen LogP) is 1.16. The maximum absolute atomic E-state index is 10.7. The standard InChI is InChI=1S/C12H14N2O2/c1-3-8-14(9-12(15)16)10(2)11-4-6-13-7-5-11/h1,4-7,10H,8-9H2,2H3,(H,15,16). The van der Waals surface area contributed by atoms with Gasteiger partial charge in [-0.3, -0.25) is 14.7 Å². The Morgan fingerprint density at radius 2 is 2.25 bits per heavy atom. The Morgan fingerprint density at radius 1 is 1.62 bits per heavy atom. The number of terminal acetylenes is 1. The second kappa shape index (κ2) is 5.89. The molecule has 1 rings (SSSR count). The number of carbonyl (C=O) groups is 1. The van der Waals surface area contributed by atoms with E-state index in [1.165, 1.54) is 0 Å². The summed E-state index contributed by atoms with van der Waals surface area (Å²) in [6, 6.07) is 3.68. The van der Waals surface area contributed by atoms with Gasteiger partial charge in [0.1, 0.15) is 0 Å². The summed E-state index contributed by atoms with van der Waals surface area (Å²) in [5, 5.41) is 8.78. The van der Waals surface area contributed by atoms with Crippen molar-refractivity contribution in [3.63, 3.8) is 0 Å². The summed E-state index contributed by atoms with van der Waals surface area (Å²) in [6.45, 7) is 2.18. The molecule has 84 valence electrons. The highest BCUT2D eigenvalue weighted by molar-refractivity contribution is 5.69. The Balaban J connectivity index is 2.79. The van der Waals surface area contributed by atoms with E-state index in [4.69, 9.17) is 11.5 Å². The summed E-state index contributed by atoms with van der Waals surface area (Å²) >= 11 is 0. The van der Waals surface area contributed by atoms with Gasteiger partial charge in [0, 0.05) is 18.4 Å². The van der Waals surface area contributed by atoms with E-state index in [0.29, 0.717) is 6.54 Å². The van der Waals surface area contributed by atoms with Crippen LogP contribution in [-0.2, 0) is 4.79 Å². The van der Waals surface area contributed by atoms with Gasteiger partial charge in [-0.1, -0.05) is 5.92 Å². The van der Waals surface area contributed by atoms with E-state index in [2.05, 4.69) is 10.9 Å². The third kappa shape index (κ3) is 3.37. The van der Waals surface area contributed by atoms with Gasteiger partial charge in [0.25, 0.3) is 0 Å². The van der Waals surface area contributed by atoms with Crippen LogP contribution in [0.3, 0.4) is 0 Å². The van der Waals surface area contributed by atoms with Crippen LogP contribution in [0.25, 0.3) is 0 Å². The molecule has 0 saturated carbocycles. The van der Waals surface area contributed by atoms with Gasteiger partial charge in [0.15, 0.2) is 0 Å². The molecule has 1 unspecified atom stereocenters. The van der Waals surface area contributed by atoms with Crippen molar-refractivity contribution < 1.29 is 9.90 Å². The summed E-state index contributed by atoms with van der Waals surface area (Å²) in [6.07, 6.45) is 8.59. The van der Waals surface area contributed by atoms with Gasteiger partial charge >= 0.3 is 5.97 Å². The van der Waals surface area contributed by atoms with Crippen molar-refractivity contribution in [2.24, 2.45) is 0 Å². The molecule has 0 bridgehead atoms. The molecule has 1 aromatic heterocycles. The van der Waals surface area contributed by atoms with E-state index in [0.717, 1.165) is 5.56 Å². The van der Waals surface area contributed by atoms with Crippen LogP contribution < -0.4 is 0 Å². The van der Waals surface area contributed by atoms with E-state index >= 15 is 0 Å². The molecule has 0 spiro atoms. The van der Waals surface area contributed by atoms with Crippen LogP contribution in [-0.4, -0.2) is 34.0 Å². The third-order valence-electron chi connectivity index (χ3n) is 2.37. The maximum Gasteiger partial charge on any atom is 0.317 e. The SMILES string of the molecule is C#CCN(CC(=O)O)C(C)c1ccncc1. The van der Waals surface area contributed by atoms with Crippen LogP contribution in [0.15, 0.2) is 24.5 Å². The Morgan fingerprint density at radius 3 is 2.75 bits per heavy atom. The summed E-state index contributed by atoms with van der Waals surface area (Å²) in [5.41, 5.74) is 1.01. The first-order chi connectivity index (χ1) is 7.65. The predicted molar refractivity (Wildman–Crippen MR) is 60.7 cm³/mol. The molecule has 0 radical (unpaired) electrons.